The first kappa shape index (κ1) is 15.3. The molecule has 0 spiro atoms. The Kier molecular flexibility index (Phi) is 5.00. The van der Waals surface area contributed by atoms with Crippen LogP contribution >= 0.6 is 23.4 Å². The Morgan fingerprint density at radius 3 is 2.75 bits per heavy atom. The summed E-state index contributed by atoms with van der Waals surface area (Å²) in [6, 6.07) is 6.11. The zero-order valence-electron chi connectivity index (χ0n) is 12.1. The number of thioether (sulfide) groups is 1. The number of halogens is 1. The number of aromatic nitrogens is 2. The van der Waals surface area contributed by atoms with Crippen LogP contribution in [0.15, 0.2) is 23.1 Å². The first-order valence-corrected chi connectivity index (χ1v) is 8.16. The van der Waals surface area contributed by atoms with Crippen LogP contribution in [0.25, 0.3) is 0 Å². The van der Waals surface area contributed by atoms with Gasteiger partial charge in [-0.25, -0.2) is 0 Å². The lowest BCUT2D eigenvalue weighted by Crippen LogP contribution is -2.02. The van der Waals surface area contributed by atoms with E-state index < -0.39 is 0 Å². The Morgan fingerprint density at radius 1 is 1.35 bits per heavy atom. The number of nitrogens with two attached hydrogens (primary N) is 1. The van der Waals surface area contributed by atoms with Gasteiger partial charge in [-0.2, -0.15) is 5.10 Å². The van der Waals surface area contributed by atoms with Crippen molar-refractivity contribution >= 4 is 29.1 Å². The topological polar surface area (TPSA) is 43.8 Å². The van der Waals surface area contributed by atoms with Crippen molar-refractivity contribution in [1.29, 1.82) is 0 Å². The first-order valence-electron chi connectivity index (χ1n) is 6.80. The second kappa shape index (κ2) is 6.55. The van der Waals surface area contributed by atoms with E-state index in [4.69, 9.17) is 17.3 Å². The van der Waals surface area contributed by atoms with E-state index in [1.54, 1.807) is 11.8 Å². The highest BCUT2D eigenvalue weighted by Crippen LogP contribution is 2.33. The Balaban J connectivity index is 2.22. The van der Waals surface area contributed by atoms with Crippen LogP contribution in [0.4, 0.5) is 5.69 Å². The van der Waals surface area contributed by atoms with Gasteiger partial charge in [-0.3, -0.25) is 4.68 Å². The molecule has 0 saturated carbocycles. The Bertz CT molecular complexity index is 607. The Labute approximate surface area is 129 Å². The van der Waals surface area contributed by atoms with Gasteiger partial charge >= 0.3 is 0 Å². The lowest BCUT2D eigenvalue weighted by molar-refractivity contribution is 0.628. The van der Waals surface area contributed by atoms with Gasteiger partial charge in [0.05, 0.1) is 16.4 Å². The SMILES string of the molecule is CCc1nn(CC)c(CSc2cccc(C)c2N)c1Cl. The van der Waals surface area contributed by atoms with Crippen LogP contribution in [-0.4, -0.2) is 9.78 Å². The van der Waals surface area contributed by atoms with Crippen molar-refractivity contribution in [3.05, 3.63) is 40.2 Å². The lowest BCUT2D eigenvalue weighted by Gasteiger charge is -2.09. The van der Waals surface area contributed by atoms with Crippen LogP contribution in [0.1, 0.15) is 30.8 Å². The van der Waals surface area contributed by atoms with Crippen molar-refractivity contribution in [1.82, 2.24) is 9.78 Å². The van der Waals surface area contributed by atoms with E-state index in [2.05, 4.69) is 18.9 Å². The maximum absolute atomic E-state index is 6.42. The molecule has 0 bridgehead atoms. The number of benzene rings is 1. The van der Waals surface area contributed by atoms with Gasteiger partial charge in [0.15, 0.2) is 0 Å². The van der Waals surface area contributed by atoms with Crippen molar-refractivity contribution in [2.75, 3.05) is 5.73 Å². The van der Waals surface area contributed by atoms with E-state index in [1.807, 2.05) is 29.8 Å². The molecule has 0 unspecified atom stereocenters. The van der Waals surface area contributed by atoms with Gasteiger partial charge in [0.25, 0.3) is 0 Å². The molecule has 0 radical (unpaired) electrons. The van der Waals surface area contributed by atoms with Crippen molar-refractivity contribution in [3.63, 3.8) is 0 Å². The molecule has 0 saturated heterocycles. The Hall–Kier alpha value is -1.13. The maximum Gasteiger partial charge on any atom is 0.0858 e. The summed E-state index contributed by atoms with van der Waals surface area (Å²) in [5.41, 5.74) is 10.1. The van der Waals surface area contributed by atoms with E-state index in [9.17, 15) is 0 Å². The third kappa shape index (κ3) is 2.96. The van der Waals surface area contributed by atoms with Crippen LogP contribution in [-0.2, 0) is 18.7 Å². The van der Waals surface area contributed by atoms with Gasteiger partial charge in [-0.1, -0.05) is 30.7 Å². The molecule has 1 aromatic heterocycles. The molecule has 0 aliphatic heterocycles. The predicted molar refractivity (Wildman–Crippen MR) is 87.4 cm³/mol. The molecule has 0 fully saturated rings. The first-order chi connectivity index (χ1) is 9.58. The van der Waals surface area contributed by atoms with Gasteiger partial charge in [-0.05, 0) is 31.9 Å². The van der Waals surface area contributed by atoms with Crippen LogP contribution < -0.4 is 5.73 Å². The van der Waals surface area contributed by atoms with Crippen molar-refractivity contribution in [3.8, 4) is 0 Å². The molecule has 1 aromatic carbocycles. The largest absolute Gasteiger partial charge is 0.398 e. The summed E-state index contributed by atoms with van der Waals surface area (Å²) in [7, 11) is 0. The van der Waals surface area contributed by atoms with Crippen LogP contribution in [0.5, 0.6) is 0 Å². The normalized spacial score (nSPS) is 11.0. The fourth-order valence-electron chi connectivity index (χ4n) is 2.08. The highest BCUT2D eigenvalue weighted by atomic mass is 35.5. The van der Waals surface area contributed by atoms with Crippen molar-refractivity contribution in [2.24, 2.45) is 0 Å². The molecule has 3 nitrogen and oxygen atoms in total. The number of hydrogen-bond acceptors (Lipinski definition) is 3. The molecular weight excluding hydrogens is 290 g/mol. The van der Waals surface area contributed by atoms with E-state index in [0.29, 0.717) is 0 Å². The lowest BCUT2D eigenvalue weighted by atomic mass is 10.2. The molecule has 108 valence electrons. The predicted octanol–water partition coefficient (Wildman–Crippen LogP) is 4.30. The number of hydrogen-bond donors (Lipinski definition) is 1. The minimum Gasteiger partial charge on any atom is -0.398 e. The second-order valence-electron chi connectivity index (χ2n) is 4.65. The molecule has 5 heteroatoms. The highest BCUT2D eigenvalue weighted by Gasteiger charge is 2.15. The van der Waals surface area contributed by atoms with Gasteiger partial charge in [-0.15, -0.1) is 11.8 Å². The number of nitrogen functional groups attached to an aromatic ring is 1. The highest BCUT2D eigenvalue weighted by molar-refractivity contribution is 7.98. The number of nitrogens with zero attached hydrogens (tertiary/aromatic N) is 2. The number of aryl methyl sites for hydroxylation is 3. The summed E-state index contributed by atoms with van der Waals surface area (Å²) in [5.74, 6) is 0.785. The minimum atomic E-state index is 0.785. The van der Waals surface area contributed by atoms with Gasteiger partial charge in [0, 0.05) is 22.9 Å². The summed E-state index contributed by atoms with van der Waals surface area (Å²) >= 11 is 8.13. The fraction of sp³-hybridized carbons (Fsp3) is 0.400. The van der Waals surface area contributed by atoms with Crippen molar-refractivity contribution < 1.29 is 0 Å². The van der Waals surface area contributed by atoms with E-state index in [-0.39, 0.29) is 0 Å². The summed E-state index contributed by atoms with van der Waals surface area (Å²) in [5, 5.41) is 5.34. The molecule has 0 amide bonds. The van der Waals surface area contributed by atoms with Crippen molar-refractivity contribution in [2.45, 2.75) is 44.4 Å². The average Bonchev–Trinajstić information content (AvgIpc) is 2.76. The van der Waals surface area contributed by atoms with E-state index >= 15 is 0 Å². The Morgan fingerprint density at radius 2 is 2.10 bits per heavy atom. The third-order valence-electron chi connectivity index (χ3n) is 3.34. The summed E-state index contributed by atoms with van der Waals surface area (Å²) < 4.78 is 1.99. The van der Waals surface area contributed by atoms with Gasteiger partial charge in [0.1, 0.15) is 0 Å². The smallest absolute Gasteiger partial charge is 0.0858 e. The molecule has 1 heterocycles. The summed E-state index contributed by atoms with van der Waals surface area (Å²) in [6.45, 7) is 7.01. The van der Waals surface area contributed by atoms with E-state index in [0.717, 1.165) is 51.3 Å². The molecule has 2 rings (SSSR count). The zero-order chi connectivity index (χ0) is 14.7. The molecule has 0 atom stereocenters. The van der Waals surface area contributed by atoms with E-state index in [1.165, 1.54) is 0 Å². The van der Waals surface area contributed by atoms with Crippen LogP contribution in [0.3, 0.4) is 0 Å². The van der Waals surface area contributed by atoms with Gasteiger partial charge in [0.2, 0.25) is 0 Å². The number of anilines is 1. The molecule has 2 N–H and O–H groups in total. The average molecular weight is 310 g/mol. The minimum absolute atomic E-state index is 0.785. The maximum atomic E-state index is 6.42. The number of rotatable bonds is 5. The second-order valence-corrected chi connectivity index (χ2v) is 6.05. The summed E-state index contributed by atoms with van der Waals surface area (Å²) in [6.07, 6.45) is 0.857. The molecule has 0 aliphatic rings. The van der Waals surface area contributed by atoms with Gasteiger partial charge < -0.3 is 5.73 Å². The molecule has 2 aromatic rings. The number of para-hydroxylation sites is 1. The molecular formula is C15H20ClN3S. The quantitative estimate of drug-likeness (QED) is 0.661. The zero-order valence-corrected chi connectivity index (χ0v) is 13.7. The summed E-state index contributed by atoms with van der Waals surface area (Å²) in [4.78, 5) is 1.10. The van der Waals surface area contributed by atoms with Crippen LogP contribution in [0.2, 0.25) is 5.02 Å². The monoisotopic (exact) mass is 309 g/mol. The van der Waals surface area contributed by atoms with Crippen LogP contribution in [0, 0.1) is 6.92 Å². The third-order valence-corrected chi connectivity index (χ3v) is 4.86. The fourth-order valence-corrected chi connectivity index (χ4v) is 3.57. The molecule has 0 aliphatic carbocycles. The molecule has 20 heavy (non-hydrogen) atoms. The standard InChI is InChI=1S/C15H20ClN3S/c1-4-11-14(16)12(19(5-2)18-11)9-20-13-8-6-7-10(3)15(13)17/h6-8H,4-5,9,17H2,1-3H3.